The maximum atomic E-state index is 11.7. The van der Waals surface area contributed by atoms with E-state index in [9.17, 15) is 29.1 Å². The van der Waals surface area contributed by atoms with E-state index >= 15 is 0 Å². The number of aliphatic hydroxyl groups excluding tert-OH is 1. The number of carbonyl (C=O) groups excluding carboxylic acids is 4. The number of esters is 2. The zero-order valence-electron chi connectivity index (χ0n) is 27.3. The van der Waals surface area contributed by atoms with Crippen LogP contribution < -0.4 is 10.6 Å². The lowest BCUT2D eigenvalue weighted by Crippen LogP contribution is -2.43. The number of rotatable bonds is 20. The van der Waals surface area contributed by atoms with E-state index in [0.29, 0.717) is 45.2 Å². The molecule has 45 heavy (non-hydrogen) atoms. The molecule has 256 valence electrons. The summed E-state index contributed by atoms with van der Waals surface area (Å²) in [5, 5.41) is 30.0. The summed E-state index contributed by atoms with van der Waals surface area (Å²) in [7, 11) is 0. The van der Waals surface area contributed by atoms with E-state index < -0.39 is 53.5 Å². The van der Waals surface area contributed by atoms with Gasteiger partial charge in [-0.1, -0.05) is 23.1 Å². The Bertz CT molecular complexity index is 1030. The van der Waals surface area contributed by atoms with Crippen molar-refractivity contribution < 1.29 is 43.7 Å². The molecule has 0 aliphatic rings. The van der Waals surface area contributed by atoms with Gasteiger partial charge in [-0.3, -0.25) is 19.2 Å². The van der Waals surface area contributed by atoms with E-state index in [-0.39, 0.29) is 25.4 Å². The Morgan fingerprint density at radius 1 is 0.711 bits per heavy atom. The number of nitrogens with one attached hydrogen (secondary N) is 2. The summed E-state index contributed by atoms with van der Waals surface area (Å²) in [5.41, 5.74) is 14.9. The summed E-state index contributed by atoms with van der Waals surface area (Å²) in [6.45, 7) is 10.8. The molecule has 0 aromatic rings. The minimum Gasteiger partial charge on any atom is -0.480 e. The normalized spacial score (nSPS) is 12.1. The molecule has 17 heteroatoms. The van der Waals surface area contributed by atoms with Gasteiger partial charge in [0.05, 0.1) is 25.5 Å². The van der Waals surface area contributed by atoms with Crippen LogP contribution in [0, 0.1) is 0 Å². The highest BCUT2D eigenvalue weighted by Crippen LogP contribution is 2.11. The van der Waals surface area contributed by atoms with Gasteiger partial charge in [-0.05, 0) is 78.3 Å². The van der Waals surface area contributed by atoms with Crippen LogP contribution in [0.2, 0.25) is 0 Å². The van der Waals surface area contributed by atoms with Crippen molar-refractivity contribution >= 4 is 29.7 Å². The van der Waals surface area contributed by atoms with Crippen molar-refractivity contribution in [3.8, 4) is 0 Å². The number of hydrogen-bond acceptors (Lipinski definition) is 10. The number of nitrogens with zero attached hydrogens (tertiary/aromatic N) is 6. The largest absolute Gasteiger partial charge is 0.480 e. The Labute approximate surface area is 264 Å². The number of azide groups is 2. The molecule has 17 nitrogen and oxygen atoms in total. The number of hydrogen-bond donors (Lipinski definition) is 4. The summed E-state index contributed by atoms with van der Waals surface area (Å²) in [6.07, 6.45) is 4.05. The third-order valence-corrected chi connectivity index (χ3v) is 5.29. The summed E-state index contributed by atoms with van der Waals surface area (Å²) >= 11 is 0. The van der Waals surface area contributed by atoms with Crippen LogP contribution in [0.4, 0.5) is 0 Å². The van der Waals surface area contributed by atoms with Crippen LogP contribution in [0.3, 0.4) is 0 Å². The lowest BCUT2D eigenvalue weighted by Gasteiger charge is -2.22. The van der Waals surface area contributed by atoms with E-state index in [4.69, 9.17) is 25.6 Å². The predicted octanol–water partition coefficient (Wildman–Crippen LogP) is 4.22. The number of amides is 2. The van der Waals surface area contributed by atoms with Gasteiger partial charge in [-0.25, -0.2) is 4.79 Å². The van der Waals surface area contributed by atoms with Crippen LogP contribution in [-0.4, -0.2) is 82.9 Å². The van der Waals surface area contributed by atoms with Gasteiger partial charge in [-0.15, -0.1) is 0 Å². The molecule has 0 spiro atoms. The number of unbranched alkanes of at least 4 members (excludes halogenated alkanes) is 4. The summed E-state index contributed by atoms with van der Waals surface area (Å²) in [6, 6.07) is -1.94. The van der Waals surface area contributed by atoms with E-state index in [1.54, 1.807) is 41.5 Å². The van der Waals surface area contributed by atoms with Crippen LogP contribution in [0.1, 0.15) is 106 Å². The van der Waals surface area contributed by atoms with Gasteiger partial charge in [0, 0.05) is 35.8 Å². The molecule has 2 amide bonds. The maximum Gasteiger partial charge on any atom is 0.326 e. The summed E-state index contributed by atoms with van der Waals surface area (Å²) in [4.78, 5) is 63.1. The Morgan fingerprint density at radius 2 is 1.13 bits per heavy atom. The molecule has 0 heterocycles. The molecule has 0 aliphatic heterocycles. The van der Waals surface area contributed by atoms with Gasteiger partial charge in [-0.2, -0.15) is 0 Å². The van der Waals surface area contributed by atoms with Crippen molar-refractivity contribution in [3.05, 3.63) is 20.9 Å². The first-order valence-corrected chi connectivity index (χ1v) is 14.8. The molecule has 0 aromatic carbocycles. The topological polar surface area (TPSA) is 266 Å². The second-order valence-electron chi connectivity index (χ2n) is 12.0. The zero-order chi connectivity index (χ0) is 34.9. The first-order valence-electron chi connectivity index (χ1n) is 14.8. The highest BCUT2D eigenvalue weighted by Gasteiger charge is 2.26. The second kappa shape index (κ2) is 24.3. The van der Waals surface area contributed by atoms with E-state index in [1.807, 2.05) is 0 Å². The fourth-order valence-electron chi connectivity index (χ4n) is 3.44. The number of aliphatic hydroxyl groups is 1. The first-order chi connectivity index (χ1) is 20.9. The monoisotopic (exact) mass is 642 g/mol. The van der Waals surface area contributed by atoms with Crippen LogP contribution in [0.5, 0.6) is 0 Å². The van der Waals surface area contributed by atoms with Crippen molar-refractivity contribution in [2.45, 2.75) is 129 Å². The van der Waals surface area contributed by atoms with Gasteiger partial charge in [0.1, 0.15) is 17.2 Å². The number of aliphatic carboxylic acids is 1. The van der Waals surface area contributed by atoms with Crippen molar-refractivity contribution in [1.82, 2.24) is 10.6 Å². The Morgan fingerprint density at radius 3 is 1.51 bits per heavy atom. The summed E-state index contributed by atoms with van der Waals surface area (Å²) < 4.78 is 10.2. The van der Waals surface area contributed by atoms with Gasteiger partial charge in [0.15, 0.2) is 0 Å². The molecule has 0 fully saturated rings. The average molecular weight is 643 g/mol. The van der Waals surface area contributed by atoms with Crippen LogP contribution in [-0.2, 0) is 33.4 Å². The minimum absolute atomic E-state index is 0.0591. The van der Waals surface area contributed by atoms with Gasteiger partial charge < -0.3 is 30.3 Å². The van der Waals surface area contributed by atoms with Crippen LogP contribution in [0.25, 0.3) is 20.9 Å². The molecule has 0 aliphatic carbocycles. The van der Waals surface area contributed by atoms with Crippen molar-refractivity contribution in [2.75, 3.05) is 19.7 Å². The maximum absolute atomic E-state index is 11.7. The first kappa shape index (κ1) is 43.1. The lowest BCUT2D eigenvalue weighted by molar-refractivity contribution is -0.158. The second-order valence-corrected chi connectivity index (χ2v) is 12.0. The number of carboxylic acids is 1. The van der Waals surface area contributed by atoms with Crippen LogP contribution in [0.15, 0.2) is 10.2 Å². The minimum atomic E-state index is -1.31. The molecule has 0 unspecified atom stereocenters. The predicted molar refractivity (Wildman–Crippen MR) is 164 cm³/mol. The van der Waals surface area contributed by atoms with Gasteiger partial charge in [0.2, 0.25) is 11.8 Å². The Hall–Kier alpha value is -4.07. The molecular formula is C28H50N8O9. The number of carboxylic acid groups (broad SMARTS) is 1. The Kier molecular flexibility index (Phi) is 23.2. The molecule has 0 bridgehead atoms. The average Bonchev–Trinajstić information content (AvgIpc) is 2.90. The highest BCUT2D eigenvalue weighted by molar-refractivity contribution is 5.87. The third-order valence-electron chi connectivity index (χ3n) is 5.29. The number of carbonyl (C=O) groups is 5. The lowest BCUT2D eigenvalue weighted by atomic mass is 10.1. The van der Waals surface area contributed by atoms with E-state index in [0.717, 1.165) is 12.8 Å². The quantitative estimate of drug-likeness (QED) is 0.0486. The molecule has 0 aromatic heterocycles. The zero-order valence-corrected chi connectivity index (χ0v) is 27.3. The van der Waals surface area contributed by atoms with E-state index in [1.165, 1.54) is 0 Å². The van der Waals surface area contributed by atoms with Gasteiger partial charge in [0.25, 0.3) is 0 Å². The van der Waals surface area contributed by atoms with Gasteiger partial charge >= 0.3 is 17.9 Å². The smallest absolute Gasteiger partial charge is 0.326 e. The molecule has 0 radical (unpaired) electrons. The standard InChI is InChI=1S/C14H24N4O5.C14H26N4O4/c1-14(2,3)23-12(20)9-10(13(21)22)17-11(19)7-5-4-6-8-16-18-15;1-14(2,3)22-13(21)9-11(10-19)17-12(20)7-5-4-6-8-16-18-15/h10H,4-9H2,1-3H3,(H,17,19)(H,21,22);11,19H,4-10H2,1-3H3,(H,17,20)/t10-;11-/m00/s1. The molecule has 0 saturated heterocycles. The SMILES string of the molecule is CC(C)(C)OC(=O)C[C@@H](CO)NC(=O)CCCCCN=[N+]=[N-].CC(C)(C)OC(=O)C[C@H](NC(=O)CCCCCN=[N+]=[N-])C(=O)O. The molecule has 0 rings (SSSR count). The number of ether oxygens (including phenoxy) is 2. The molecule has 0 saturated carbocycles. The van der Waals surface area contributed by atoms with E-state index in [2.05, 4.69) is 30.7 Å². The molecular weight excluding hydrogens is 592 g/mol. The Balaban J connectivity index is 0. The molecule has 2 atom stereocenters. The van der Waals surface area contributed by atoms with Crippen molar-refractivity contribution in [3.63, 3.8) is 0 Å². The molecule has 4 N–H and O–H groups in total. The third kappa shape index (κ3) is 29.8. The highest BCUT2D eigenvalue weighted by atomic mass is 16.6. The fraction of sp³-hybridized carbons (Fsp3) is 0.821. The van der Waals surface area contributed by atoms with Crippen LogP contribution >= 0.6 is 0 Å². The van der Waals surface area contributed by atoms with Crippen molar-refractivity contribution in [1.29, 1.82) is 0 Å². The summed E-state index contributed by atoms with van der Waals surface area (Å²) in [5.74, 6) is -3.08. The fourth-order valence-corrected chi connectivity index (χ4v) is 3.44. The van der Waals surface area contributed by atoms with Crippen molar-refractivity contribution in [2.24, 2.45) is 10.2 Å².